The van der Waals surface area contributed by atoms with Crippen molar-refractivity contribution < 1.29 is 4.79 Å². The molecule has 0 unspecified atom stereocenters. The van der Waals surface area contributed by atoms with Gasteiger partial charge in [-0.1, -0.05) is 0 Å². The highest BCUT2D eigenvalue weighted by Gasteiger charge is 2.29. The number of anilines is 4. The highest BCUT2D eigenvalue weighted by molar-refractivity contribution is 7.13. The summed E-state index contributed by atoms with van der Waals surface area (Å²) in [5.41, 5.74) is 1.98. The van der Waals surface area contributed by atoms with Gasteiger partial charge in [-0.2, -0.15) is 10.1 Å². The van der Waals surface area contributed by atoms with Gasteiger partial charge < -0.3 is 5.32 Å². The van der Waals surface area contributed by atoms with E-state index in [1.54, 1.807) is 15.7 Å². The van der Waals surface area contributed by atoms with Crippen molar-refractivity contribution in [1.82, 2.24) is 34.8 Å². The molecule has 164 valence electrons. The van der Waals surface area contributed by atoms with Crippen LogP contribution in [0.25, 0.3) is 5.52 Å². The Kier molecular flexibility index (Phi) is 4.63. The lowest BCUT2D eigenvalue weighted by molar-refractivity contribution is 0.192. The van der Waals surface area contributed by atoms with E-state index in [2.05, 4.69) is 30.9 Å². The zero-order chi connectivity index (χ0) is 21.5. The molecule has 5 heterocycles. The van der Waals surface area contributed by atoms with Gasteiger partial charge in [-0.15, -0.1) is 16.4 Å². The van der Waals surface area contributed by atoms with Crippen molar-refractivity contribution in [1.29, 1.82) is 0 Å². The fraction of sp³-hybridized carbons (Fsp3) is 0.350. The molecule has 4 aromatic heterocycles. The molecule has 1 aliphatic heterocycles. The first-order chi connectivity index (χ1) is 15.7. The second-order valence-electron chi connectivity index (χ2n) is 7.93. The lowest BCUT2D eigenvalue weighted by Crippen LogP contribution is -2.53. The molecular formula is C20H22N10OS. The lowest BCUT2D eigenvalue weighted by Gasteiger charge is -2.38. The second-order valence-corrected chi connectivity index (χ2v) is 8.82. The molecular weight excluding hydrogens is 428 g/mol. The number of amides is 2. The quantitative estimate of drug-likeness (QED) is 0.425. The van der Waals surface area contributed by atoms with Crippen LogP contribution >= 0.6 is 11.3 Å². The molecule has 2 amide bonds. The van der Waals surface area contributed by atoms with E-state index in [4.69, 9.17) is 4.98 Å². The van der Waals surface area contributed by atoms with Gasteiger partial charge in [-0.05, 0) is 37.8 Å². The van der Waals surface area contributed by atoms with E-state index in [0.717, 1.165) is 29.9 Å². The molecule has 3 N–H and O–H groups in total. The summed E-state index contributed by atoms with van der Waals surface area (Å²) in [7, 11) is 0. The van der Waals surface area contributed by atoms with Crippen LogP contribution < -0.4 is 15.6 Å². The smallest absolute Gasteiger partial charge is 0.322 e. The molecule has 1 aliphatic carbocycles. The zero-order valence-corrected chi connectivity index (χ0v) is 18.0. The minimum atomic E-state index is -0.244. The van der Waals surface area contributed by atoms with Gasteiger partial charge in [0, 0.05) is 48.5 Å². The van der Waals surface area contributed by atoms with Crippen LogP contribution in [0.15, 0.2) is 36.0 Å². The van der Waals surface area contributed by atoms with E-state index in [9.17, 15) is 4.79 Å². The molecule has 32 heavy (non-hydrogen) atoms. The van der Waals surface area contributed by atoms with Crippen molar-refractivity contribution in [3.8, 4) is 0 Å². The molecule has 2 fully saturated rings. The number of nitrogens with one attached hydrogen (secondary N) is 3. The third-order valence-electron chi connectivity index (χ3n) is 5.63. The Labute approximate surface area is 187 Å². The van der Waals surface area contributed by atoms with Gasteiger partial charge in [0.2, 0.25) is 0 Å². The summed E-state index contributed by atoms with van der Waals surface area (Å²) in [4.78, 5) is 21.9. The normalized spacial score (nSPS) is 16.5. The van der Waals surface area contributed by atoms with E-state index in [0.29, 0.717) is 35.9 Å². The van der Waals surface area contributed by atoms with Crippen molar-refractivity contribution >= 4 is 45.6 Å². The standard InChI is InChI=1S/C20H22N10OS/c31-20(24-19-21-7-11-32-19)30-10-2-1-9-29(30)18-23-17(15-4-3-8-28(15)27-18)22-16-12-14(25-26-16)13-5-6-13/h3-4,7-8,11-13H,1-2,5-6,9-10H2,(H,21,24,31)(H2,22,23,25,26,27). The van der Waals surface area contributed by atoms with Crippen LogP contribution in [0, 0.1) is 0 Å². The lowest BCUT2D eigenvalue weighted by atomic mass is 10.2. The SMILES string of the molecule is O=C(Nc1nccs1)N1CCCCN1c1nc(Nc2cc(C3CC3)[nH]n2)c2cccn2n1. The number of nitrogens with zero attached hydrogens (tertiary/aromatic N) is 7. The molecule has 0 bridgehead atoms. The Bertz CT molecular complexity index is 1240. The van der Waals surface area contributed by atoms with Crippen LogP contribution in [0.4, 0.5) is 27.5 Å². The highest BCUT2D eigenvalue weighted by Crippen LogP contribution is 2.39. The largest absolute Gasteiger partial charge is 0.342 e. The van der Waals surface area contributed by atoms with Gasteiger partial charge in [0.05, 0.1) is 0 Å². The topological polar surface area (TPSA) is 119 Å². The minimum absolute atomic E-state index is 0.244. The summed E-state index contributed by atoms with van der Waals surface area (Å²) in [6.45, 7) is 1.23. The molecule has 2 aliphatic rings. The van der Waals surface area contributed by atoms with Crippen molar-refractivity contribution in [2.75, 3.05) is 28.7 Å². The fourth-order valence-electron chi connectivity index (χ4n) is 3.87. The van der Waals surface area contributed by atoms with Gasteiger partial charge >= 0.3 is 6.03 Å². The van der Waals surface area contributed by atoms with Gasteiger partial charge in [-0.3, -0.25) is 10.4 Å². The minimum Gasteiger partial charge on any atom is -0.322 e. The predicted molar refractivity (Wildman–Crippen MR) is 121 cm³/mol. The summed E-state index contributed by atoms with van der Waals surface area (Å²) < 4.78 is 1.77. The maximum Gasteiger partial charge on any atom is 0.342 e. The molecule has 12 heteroatoms. The number of aromatic nitrogens is 6. The number of urea groups is 1. The van der Waals surface area contributed by atoms with Crippen LogP contribution in [0.3, 0.4) is 0 Å². The number of aromatic amines is 1. The first-order valence-corrected chi connectivity index (χ1v) is 11.6. The molecule has 0 radical (unpaired) electrons. The van der Waals surface area contributed by atoms with Crippen molar-refractivity contribution in [2.45, 2.75) is 31.6 Å². The Hall–Kier alpha value is -3.67. The number of carbonyl (C=O) groups is 1. The van der Waals surface area contributed by atoms with E-state index < -0.39 is 0 Å². The third kappa shape index (κ3) is 3.62. The molecule has 6 rings (SSSR count). The summed E-state index contributed by atoms with van der Waals surface area (Å²) >= 11 is 1.38. The van der Waals surface area contributed by atoms with Crippen LogP contribution in [0.1, 0.15) is 37.3 Å². The molecule has 1 saturated heterocycles. The second kappa shape index (κ2) is 7.79. The van der Waals surface area contributed by atoms with E-state index in [1.165, 1.54) is 24.2 Å². The zero-order valence-electron chi connectivity index (χ0n) is 17.2. The number of rotatable bonds is 5. The summed E-state index contributed by atoms with van der Waals surface area (Å²) in [5.74, 6) is 2.39. The molecule has 4 aromatic rings. The molecule has 0 atom stereocenters. The average Bonchev–Trinajstić information content (AvgIpc) is 3.19. The number of H-pyrrole nitrogens is 1. The summed E-state index contributed by atoms with van der Waals surface area (Å²) in [6, 6.07) is 5.66. The number of hydrogen-bond donors (Lipinski definition) is 3. The highest BCUT2D eigenvalue weighted by atomic mass is 32.1. The fourth-order valence-corrected chi connectivity index (χ4v) is 4.39. The van der Waals surface area contributed by atoms with E-state index >= 15 is 0 Å². The van der Waals surface area contributed by atoms with Gasteiger partial charge in [0.15, 0.2) is 16.8 Å². The third-order valence-corrected chi connectivity index (χ3v) is 6.32. The van der Waals surface area contributed by atoms with Crippen LogP contribution in [-0.4, -0.2) is 53.9 Å². The van der Waals surface area contributed by atoms with Crippen LogP contribution in [-0.2, 0) is 0 Å². The number of hydrazine groups is 1. The van der Waals surface area contributed by atoms with Crippen molar-refractivity contribution in [3.05, 3.63) is 41.7 Å². The van der Waals surface area contributed by atoms with Crippen LogP contribution in [0.2, 0.25) is 0 Å². The van der Waals surface area contributed by atoms with Crippen molar-refractivity contribution in [3.63, 3.8) is 0 Å². The van der Waals surface area contributed by atoms with Crippen molar-refractivity contribution in [2.24, 2.45) is 0 Å². The maximum atomic E-state index is 13.0. The molecule has 0 aromatic carbocycles. The molecule has 1 saturated carbocycles. The summed E-state index contributed by atoms with van der Waals surface area (Å²) in [6.07, 6.45) is 7.80. The Morgan fingerprint density at radius 3 is 3.00 bits per heavy atom. The summed E-state index contributed by atoms with van der Waals surface area (Å²) in [5, 5.41) is 24.2. The maximum absolute atomic E-state index is 13.0. The van der Waals surface area contributed by atoms with Crippen LogP contribution in [0.5, 0.6) is 0 Å². The van der Waals surface area contributed by atoms with E-state index in [-0.39, 0.29) is 6.03 Å². The first kappa shape index (κ1) is 19.0. The Morgan fingerprint density at radius 1 is 1.25 bits per heavy atom. The Morgan fingerprint density at radius 2 is 2.16 bits per heavy atom. The van der Waals surface area contributed by atoms with Gasteiger partial charge in [0.25, 0.3) is 5.95 Å². The van der Waals surface area contributed by atoms with E-state index in [1.807, 2.05) is 34.8 Å². The van der Waals surface area contributed by atoms with Gasteiger partial charge in [0.1, 0.15) is 5.52 Å². The number of thiazole rings is 1. The Balaban J connectivity index is 1.31. The number of fused-ring (bicyclic) bond motifs is 1. The average molecular weight is 451 g/mol. The predicted octanol–water partition coefficient (Wildman–Crippen LogP) is 3.58. The first-order valence-electron chi connectivity index (χ1n) is 10.7. The monoisotopic (exact) mass is 450 g/mol. The molecule has 0 spiro atoms. The molecule has 11 nitrogen and oxygen atoms in total. The number of carbonyl (C=O) groups excluding carboxylic acids is 1. The number of hydrogen-bond acceptors (Lipinski definition) is 8. The van der Waals surface area contributed by atoms with Gasteiger partial charge in [-0.25, -0.2) is 24.3 Å².